The van der Waals surface area contributed by atoms with Gasteiger partial charge < -0.3 is 5.32 Å². The van der Waals surface area contributed by atoms with E-state index in [9.17, 15) is 0 Å². The van der Waals surface area contributed by atoms with Crippen LogP contribution in [0.25, 0.3) is 0 Å². The van der Waals surface area contributed by atoms with E-state index in [0.717, 1.165) is 24.4 Å². The number of aryl methyl sites for hydroxylation is 2. The van der Waals surface area contributed by atoms with Crippen molar-refractivity contribution in [2.45, 2.75) is 39.7 Å². The molecule has 2 rings (SSSR count). The molecule has 2 aromatic rings. The molecule has 1 N–H and O–H groups in total. The first-order chi connectivity index (χ1) is 9.20. The first-order valence-electron chi connectivity index (χ1n) is 6.75. The van der Waals surface area contributed by atoms with Crippen LogP contribution in [0.5, 0.6) is 0 Å². The lowest BCUT2D eigenvalue weighted by Crippen LogP contribution is -2.25. The Bertz CT molecular complexity index is 522. The van der Waals surface area contributed by atoms with E-state index in [1.54, 1.807) is 11.3 Å². The monoisotopic (exact) mass is 275 g/mol. The number of rotatable bonds is 6. The fourth-order valence-electron chi connectivity index (χ4n) is 2.20. The minimum atomic E-state index is 0.324. The zero-order chi connectivity index (χ0) is 13.7. The van der Waals surface area contributed by atoms with Crippen molar-refractivity contribution in [2.24, 2.45) is 0 Å². The molecule has 1 unspecified atom stereocenters. The third kappa shape index (κ3) is 3.85. The van der Waals surface area contributed by atoms with Crippen molar-refractivity contribution in [3.63, 3.8) is 0 Å². The molecular weight excluding hydrogens is 254 g/mol. The second kappa shape index (κ2) is 6.78. The third-order valence-corrected chi connectivity index (χ3v) is 3.98. The molecule has 1 atom stereocenters. The number of hydrogen-bond acceptors (Lipinski definition) is 4. The van der Waals surface area contributed by atoms with E-state index in [1.807, 2.05) is 12.4 Å². The largest absolute Gasteiger partial charge is 0.310 e. The van der Waals surface area contributed by atoms with Gasteiger partial charge in [-0.25, -0.2) is 4.98 Å². The summed E-state index contributed by atoms with van der Waals surface area (Å²) in [6.07, 6.45) is 5.88. The molecule has 0 saturated heterocycles. The topological polar surface area (TPSA) is 37.8 Å². The van der Waals surface area contributed by atoms with Gasteiger partial charge in [0.1, 0.15) is 0 Å². The normalized spacial score (nSPS) is 12.6. The van der Waals surface area contributed by atoms with Gasteiger partial charge in [0.2, 0.25) is 0 Å². The van der Waals surface area contributed by atoms with Crippen LogP contribution in [-0.4, -0.2) is 16.5 Å². The molecule has 102 valence electrons. The molecule has 0 bridgehead atoms. The van der Waals surface area contributed by atoms with Gasteiger partial charge in [-0.3, -0.25) is 4.98 Å². The minimum absolute atomic E-state index is 0.324. The molecule has 0 aromatic carbocycles. The fraction of sp³-hybridized carbons (Fsp3) is 0.467. The predicted octanol–water partition coefficient (Wildman–Crippen LogP) is 3.44. The second-order valence-corrected chi connectivity index (χ2v) is 5.86. The first kappa shape index (κ1) is 14.2. The van der Waals surface area contributed by atoms with E-state index in [1.165, 1.54) is 16.8 Å². The van der Waals surface area contributed by atoms with Crippen LogP contribution in [0.3, 0.4) is 0 Å². The molecule has 2 heterocycles. The van der Waals surface area contributed by atoms with Gasteiger partial charge in [-0.15, -0.1) is 11.3 Å². The van der Waals surface area contributed by atoms with E-state index >= 15 is 0 Å². The fourth-order valence-corrected chi connectivity index (χ4v) is 2.82. The van der Waals surface area contributed by atoms with Crippen LogP contribution in [0.4, 0.5) is 0 Å². The number of aromatic nitrogens is 2. The summed E-state index contributed by atoms with van der Waals surface area (Å²) in [6, 6.07) is 2.44. The Kier molecular flexibility index (Phi) is 5.05. The molecule has 0 amide bonds. The summed E-state index contributed by atoms with van der Waals surface area (Å²) >= 11 is 1.72. The van der Waals surface area contributed by atoms with Crippen LogP contribution in [0.15, 0.2) is 23.8 Å². The lowest BCUT2D eigenvalue weighted by Gasteiger charge is -2.19. The summed E-state index contributed by atoms with van der Waals surface area (Å²) in [5.74, 6) is 0. The molecule has 4 heteroatoms. The van der Waals surface area contributed by atoms with Gasteiger partial charge in [0.25, 0.3) is 0 Å². The van der Waals surface area contributed by atoms with Gasteiger partial charge in [-0.05, 0) is 44.0 Å². The second-order valence-electron chi connectivity index (χ2n) is 4.80. The molecule has 0 spiro atoms. The standard InChI is InChI=1S/C15H21N3S/c1-4-6-17-15(8-13-10-19-12(3)18-13)14-5-7-16-9-11(14)2/h5,7,9-10,15,17H,4,6,8H2,1-3H3. The van der Waals surface area contributed by atoms with E-state index in [4.69, 9.17) is 0 Å². The molecule has 0 aliphatic rings. The maximum atomic E-state index is 4.58. The summed E-state index contributed by atoms with van der Waals surface area (Å²) in [5.41, 5.74) is 3.74. The van der Waals surface area contributed by atoms with Crippen molar-refractivity contribution in [1.82, 2.24) is 15.3 Å². The van der Waals surface area contributed by atoms with Crippen molar-refractivity contribution in [2.75, 3.05) is 6.54 Å². The Morgan fingerprint density at radius 1 is 1.37 bits per heavy atom. The molecule has 0 aliphatic heterocycles. The van der Waals surface area contributed by atoms with Gasteiger partial charge in [-0.2, -0.15) is 0 Å². The molecule has 0 aliphatic carbocycles. The maximum absolute atomic E-state index is 4.58. The van der Waals surface area contributed by atoms with Gasteiger partial charge in [0, 0.05) is 30.2 Å². The average molecular weight is 275 g/mol. The number of pyridine rings is 1. The van der Waals surface area contributed by atoms with Gasteiger partial charge >= 0.3 is 0 Å². The lowest BCUT2D eigenvalue weighted by molar-refractivity contribution is 0.522. The van der Waals surface area contributed by atoms with Gasteiger partial charge in [-0.1, -0.05) is 6.92 Å². The van der Waals surface area contributed by atoms with E-state index in [2.05, 4.69) is 47.5 Å². The third-order valence-electron chi connectivity index (χ3n) is 3.16. The van der Waals surface area contributed by atoms with Crippen molar-refractivity contribution in [1.29, 1.82) is 0 Å². The highest BCUT2D eigenvalue weighted by molar-refractivity contribution is 7.09. The van der Waals surface area contributed by atoms with Crippen LogP contribution in [0, 0.1) is 13.8 Å². The first-order valence-corrected chi connectivity index (χ1v) is 7.63. The quantitative estimate of drug-likeness (QED) is 0.877. The van der Waals surface area contributed by atoms with E-state index in [-0.39, 0.29) is 0 Å². The SMILES string of the molecule is CCCNC(Cc1csc(C)n1)c1ccncc1C. The highest BCUT2D eigenvalue weighted by Crippen LogP contribution is 2.22. The highest BCUT2D eigenvalue weighted by atomic mass is 32.1. The Hall–Kier alpha value is -1.26. The molecular formula is C15H21N3S. The Morgan fingerprint density at radius 2 is 2.21 bits per heavy atom. The molecule has 0 radical (unpaired) electrons. The molecule has 0 saturated carbocycles. The predicted molar refractivity (Wildman–Crippen MR) is 80.6 cm³/mol. The maximum Gasteiger partial charge on any atom is 0.0897 e. The van der Waals surface area contributed by atoms with Gasteiger partial charge in [0.05, 0.1) is 10.7 Å². The Labute approximate surface area is 119 Å². The summed E-state index contributed by atoms with van der Waals surface area (Å²) in [7, 11) is 0. The summed E-state index contributed by atoms with van der Waals surface area (Å²) < 4.78 is 0. The highest BCUT2D eigenvalue weighted by Gasteiger charge is 2.15. The van der Waals surface area contributed by atoms with Crippen LogP contribution >= 0.6 is 11.3 Å². The van der Waals surface area contributed by atoms with E-state index < -0.39 is 0 Å². The Morgan fingerprint density at radius 3 is 2.84 bits per heavy atom. The zero-order valence-electron chi connectivity index (χ0n) is 11.8. The number of nitrogens with one attached hydrogen (secondary N) is 1. The summed E-state index contributed by atoms with van der Waals surface area (Å²) in [5, 5.41) is 6.92. The van der Waals surface area contributed by atoms with Crippen LogP contribution in [-0.2, 0) is 6.42 Å². The van der Waals surface area contributed by atoms with E-state index in [0.29, 0.717) is 6.04 Å². The lowest BCUT2D eigenvalue weighted by atomic mass is 9.99. The molecule has 2 aromatic heterocycles. The van der Waals surface area contributed by atoms with Crippen LogP contribution in [0.1, 0.15) is 41.2 Å². The van der Waals surface area contributed by atoms with Crippen molar-refractivity contribution >= 4 is 11.3 Å². The summed E-state index contributed by atoms with van der Waals surface area (Å²) in [6.45, 7) is 7.39. The minimum Gasteiger partial charge on any atom is -0.310 e. The molecule has 19 heavy (non-hydrogen) atoms. The molecule has 3 nitrogen and oxygen atoms in total. The number of hydrogen-bond donors (Lipinski definition) is 1. The Balaban J connectivity index is 2.18. The summed E-state index contributed by atoms with van der Waals surface area (Å²) in [4.78, 5) is 8.75. The average Bonchev–Trinajstić information content (AvgIpc) is 2.81. The number of thiazole rings is 1. The smallest absolute Gasteiger partial charge is 0.0897 e. The van der Waals surface area contributed by atoms with Crippen molar-refractivity contribution in [3.8, 4) is 0 Å². The number of nitrogens with zero attached hydrogens (tertiary/aromatic N) is 2. The van der Waals surface area contributed by atoms with Gasteiger partial charge in [0.15, 0.2) is 0 Å². The van der Waals surface area contributed by atoms with Crippen LogP contribution < -0.4 is 5.32 Å². The van der Waals surface area contributed by atoms with Crippen molar-refractivity contribution in [3.05, 3.63) is 45.7 Å². The zero-order valence-corrected chi connectivity index (χ0v) is 12.6. The molecule has 0 fully saturated rings. The van der Waals surface area contributed by atoms with Crippen LogP contribution in [0.2, 0.25) is 0 Å². The van der Waals surface area contributed by atoms with Crippen molar-refractivity contribution < 1.29 is 0 Å².